The van der Waals surface area contributed by atoms with Gasteiger partial charge in [0.25, 0.3) is 0 Å². The lowest BCUT2D eigenvalue weighted by atomic mass is 10.0. The van der Waals surface area contributed by atoms with Gasteiger partial charge in [0, 0.05) is 16.6 Å². The zero-order valence-electron chi connectivity index (χ0n) is 13.5. The van der Waals surface area contributed by atoms with Crippen molar-refractivity contribution in [3.63, 3.8) is 0 Å². The molecule has 1 fully saturated rings. The minimum absolute atomic E-state index is 0.423. The number of nitrogens with zero attached hydrogens (tertiary/aromatic N) is 2. The molecule has 1 saturated heterocycles. The summed E-state index contributed by atoms with van der Waals surface area (Å²) in [5.74, 6) is 0. The molecule has 0 saturated carbocycles. The summed E-state index contributed by atoms with van der Waals surface area (Å²) in [4.78, 5) is 4.98. The van der Waals surface area contributed by atoms with Crippen LogP contribution in [0.2, 0.25) is 0 Å². The van der Waals surface area contributed by atoms with Crippen LogP contribution in [0.25, 0.3) is 0 Å². The molecule has 0 aromatic heterocycles. The predicted octanol–water partition coefficient (Wildman–Crippen LogP) is 3.13. The number of hydrogen-bond donors (Lipinski definition) is 1. The normalized spacial score (nSPS) is 19.1. The Hall–Kier alpha value is -0.420. The molecular weight excluding hydrogens is 326 g/mol. The molecule has 1 aromatic rings. The van der Waals surface area contributed by atoms with Crippen LogP contribution in [0, 0.1) is 0 Å². The molecule has 21 heavy (non-hydrogen) atoms. The molecule has 1 atom stereocenters. The summed E-state index contributed by atoms with van der Waals surface area (Å²) < 4.78 is 1.20. The largest absolute Gasteiger partial charge is 0.313 e. The molecule has 0 spiro atoms. The van der Waals surface area contributed by atoms with Crippen LogP contribution in [0.15, 0.2) is 28.7 Å². The summed E-state index contributed by atoms with van der Waals surface area (Å²) in [6, 6.07) is 9.72. The van der Waals surface area contributed by atoms with Crippen molar-refractivity contribution in [1.82, 2.24) is 15.1 Å². The molecule has 0 aliphatic carbocycles. The van der Waals surface area contributed by atoms with Crippen LogP contribution in [-0.2, 0) is 0 Å². The Morgan fingerprint density at radius 3 is 2.52 bits per heavy atom. The van der Waals surface area contributed by atoms with Crippen molar-refractivity contribution in [2.24, 2.45) is 0 Å². The van der Waals surface area contributed by atoms with Crippen molar-refractivity contribution in [3.05, 3.63) is 34.3 Å². The Bertz CT molecular complexity index is 428. The molecule has 0 amide bonds. The summed E-state index contributed by atoms with van der Waals surface area (Å²) in [5.41, 5.74) is 1.36. The third-order valence-corrected chi connectivity index (χ3v) is 5.37. The molecule has 0 bridgehead atoms. The molecule has 1 aliphatic heterocycles. The van der Waals surface area contributed by atoms with Crippen molar-refractivity contribution in [2.75, 3.05) is 40.8 Å². The van der Waals surface area contributed by atoms with Gasteiger partial charge in [-0.25, -0.2) is 0 Å². The number of rotatable bonds is 6. The van der Waals surface area contributed by atoms with Gasteiger partial charge in [0.1, 0.15) is 0 Å². The summed E-state index contributed by atoms with van der Waals surface area (Å²) in [7, 11) is 6.46. The van der Waals surface area contributed by atoms with E-state index in [4.69, 9.17) is 0 Å². The number of likely N-dealkylation sites (tertiary alicyclic amines) is 1. The van der Waals surface area contributed by atoms with Gasteiger partial charge < -0.3 is 15.1 Å². The van der Waals surface area contributed by atoms with Crippen LogP contribution in [-0.4, -0.2) is 56.6 Å². The Kier molecular flexibility index (Phi) is 6.68. The predicted molar refractivity (Wildman–Crippen MR) is 93.7 cm³/mol. The monoisotopic (exact) mass is 353 g/mol. The Morgan fingerprint density at radius 1 is 1.29 bits per heavy atom. The molecule has 1 aromatic carbocycles. The minimum Gasteiger partial charge on any atom is -0.313 e. The second kappa shape index (κ2) is 8.28. The van der Waals surface area contributed by atoms with Crippen molar-refractivity contribution >= 4 is 15.9 Å². The van der Waals surface area contributed by atoms with Crippen LogP contribution in [0.5, 0.6) is 0 Å². The first-order valence-corrected chi connectivity index (χ1v) is 8.71. The highest BCUT2D eigenvalue weighted by atomic mass is 79.9. The van der Waals surface area contributed by atoms with E-state index in [1.165, 1.54) is 42.5 Å². The fourth-order valence-corrected chi connectivity index (χ4v) is 3.75. The average molecular weight is 354 g/mol. The van der Waals surface area contributed by atoms with Crippen LogP contribution in [0.3, 0.4) is 0 Å². The summed E-state index contributed by atoms with van der Waals surface area (Å²) in [6.45, 7) is 3.64. The fourth-order valence-electron chi connectivity index (χ4n) is 3.18. The van der Waals surface area contributed by atoms with Gasteiger partial charge in [-0.2, -0.15) is 0 Å². The maximum absolute atomic E-state index is 3.67. The third kappa shape index (κ3) is 4.78. The van der Waals surface area contributed by atoms with Crippen LogP contribution in [0.4, 0.5) is 0 Å². The van der Waals surface area contributed by atoms with Crippen LogP contribution in [0.1, 0.15) is 30.9 Å². The number of hydrogen-bond acceptors (Lipinski definition) is 3. The highest BCUT2D eigenvalue weighted by molar-refractivity contribution is 9.10. The molecule has 1 aliphatic rings. The number of piperidine rings is 1. The smallest absolute Gasteiger partial charge is 0.0340 e. The molecule has 1 N–H and O–H groups in total. The van der Waals surface area contributed by atoms with Gasteiger partial charge in [-0.15, -0.1) is 0 Å². The van der Waals surface area contributed by atoms with Gasteiger partial charge in [-0.1, -0.05) is 34.1 Å². The third-order valence-electron chi connectivity index (χ3n) is 4.65. The minimum atomic E-state index is 0.423. The summed E-state index contributed by atoms with van der Waals surface area (Å²) in [6.07, 6.45) is 3.75. The zero-order chi connectivity index (χ0) is 15.2. The fraction of sp³-hybridized carbons (Fsp3) is 0.647. The van der Waals surface area contributed by atoms with E-state index in [1.807, 2.05) is 0 Å². The van der Waals surface area contributed by atoms with E-state index in [9.17, 15) is 0 Å². The summed E-state index contributed by atoms with van der Waals surface area (Å²) >= 11 is 3.67. The number of benzene rings is 1. The lowest BCUT2D eigenvalue weighted by Crippen LogP contribution is -2.42. The lowest BCUT2D eigenvalue weighted by molar-refractivity contribution is 0.141. The SMILES string of the molecule is CNC(CCN1CCC(N(C)C)CC1)c1ccccc1Br. The van der Waals surface area contributed by atoms with Gasteiger partial charge in [-0.05, 0) is 71.7 Å². The van der Waals surface area contributed by atoms with Gasteiger partial charge in [0.05, 0.1) is 0 Å². The molecule has 0 radical (unpaired) electrons. The van der Waals surface area contributed by atoms with E-state index in [-0.39, 0.29) is 0 Å². The van der Waals surface area contributed by atoms with E-state index in [0.717, 1.165) is 12.5 Å². The van der Waals surface area contributed by atoms with E-state index >= 15 is 0 Å². The maximum atomic E-state index is 3.67. The van der Waals surface area contributed by atoms with E-state index in [2.05, 4.69) is 76.5 Å². The zero-order valence-corrected chi connectivity index (χ0v) is 15.1. The van der Waals surface area contributed by atoms with Crippen molar-refractivity contribution in [2.45, 2.75) is 31.3 Å². The first-order valence-electron chi connectivity index (χ1n) is 7.92. The molecule has 1 heterocycles. The highest BCUT2D eigenvalue weighted by Crippen LogP contribution is 2.26. The molecule has 2 rings (SSSR count). The molecule has 4 heteroatoms. The second-order valence-electron chi connectivity index (χ2n) is 6.19. The lowest BCUT2D eigenvalue weighted by Gasteiger charge is -2.35. The van der Waals surface area contributed by atoms with Gasteiger partial charge in [-0.3, -0.25) is 0 Å². The van der Waals surface area contributed by atoms with Crippen LogP contribution >= 0.6 is 15.9 Å². The topological polar surface area (TPSA) is 18.5 Å². The van der Waals surface area contributed by atoms with E-state index < -0.39 is 0 Å². The van der Waals surface area contributed by atoms with Crippen molar-refractivity contribution in [1.29, 1.82) is 0 Å². The summed E-state index contributed by atoms with van der Waals surface area (Å²) in [5, 5.41) is 3.46. The van der Waals surface area contributed by atoms with Crippen LogP contribution < -0.4 is 5.32 Å². The Morgan fingerprint density at radius 2 is 1.95 bits per heavy atom. The standard InChI is InChI=1S/C17H28BrN3/c1-19-17(15-6-4-5-7-16(15)18)10-13-21-11-8-14(9-12-21)20(2)3/h4-7,14,17,19H,8-13H2,1-3H3. The van der Waals surface area contributed by atoms with Crippen molar-refractivity contribution in [3.8, 4) is 0 Å². The highest BCUT2D eigenvalue weighted by Gasteiger charge is 2.21. The van der Waals surface area contributed by atoms with Gasteiger partial charge >= 0.3 is 0 Å². The molecular formula is C17H28BrN3. The number of nitrogens with one attached hydrogen (secondary N) is 1. The first-order chi connectivity index (χ1) is 10.1. The quantitative estimate of drug-likeness (QED) is 0.847. The Balaban J connectivity index is 1.83. The molecule has 1 unspecified atom stereocenters. The van der Waals surface area contributed by atoms with Crippen molar-refractivity contribution < 1.29 is 0 Å². The first kappa shape index (κ1) is 16.9. The van der Waals surface area contributed by atoms with Gasteiger partial charge in [0.2, 0.25) is 0 Å². The maximum Gasteiger partial charge on any atom is 0.0340 e. The second-order valence-corrected chi connectivity index (χ2v) is 7.04. The molecule has 118 valence electrons. The van der Waals surface area contributed by atoms with E-state index in [0.29, 0.717) is 6.04 Å². The van der Waals surface area contributed by atoms with E-state index in [1.54, 1.807) is 0 Å². The average Bonchev–Trinajstić information content (AvgIpc) is 2.50. The number of halogens is 1. The molecule has 3 nitrogen and oxygen atoms in total. The van der Waals surface area contributed by atoms with Gasteiger partial charge in [0.15, 0.2) is 0 Å². The Labute approximate surface area is 137 Å².